The van der Waals surface area contributed by atoms with Crippen molar-refractivity contribution in [3.05, 3.63) is 20.4 Å². The zero-order valence-corrected chi connectivity index (χ0v) is 10.7. The van der Waals surface area contributed by atoms with Gasteiger partial charge in [0.1, 0.15) is 0 Å². The number of hydrogen-bond acceptors (Lipinski definition) is 0. The fourth-order valence-electron chi connectivity index (χ4n) is 1.66. The molecule has 0 nitrogen and oxygen atoms in total. The Morgan fingerprint density at radius 3 is 1.91 bits per heavy atom. The van der Waals surface area contributed by atoms with E-state index in [1.165, 1.54) is 5.57 Å². The third-order valence-corrected chi connectivity index (χ3v) is 6.19. The van der Waals surface area contributed by atoms with Gasteiger partial charge in [-0.3, -0.25) is 12.9 Å². The van der Waals surface area contributed by atoms with Gasteiger partial charge in [0.05, 0.1) is 0 Å². The molecule has 0 saturated heterocycles. The van der Waals surface area contributed by atoms with Crippen LogP contribution in [0.3, 0.4) is 0 Å². The second-order valence-electron chi connectivity index (χ2n) is 3.31. The monoisotopic (exact) mass is 224 g/mol. The highest BCUT2D eigenvalue weighted by Crippen LogP contribution is 2.36. The van der Waals surface area contributed by atoms with Gasteiger partial charge >= 0.3 is 18.2 Å². The minimum absolute atomic E-state index is 0.118. The van der Waals surface area contributed by atoms with E-state index in [-0.39, 0.29) is 18.2 Å². The van der Waals surface area contributed by atoms with E-state index >= 15 is 0 Å². The number of rotatable bonds is 1. The van der Waals surface area contributed by atoms with Crippen LogP contribution in [0.2, 0.25) is 0 Å². The number of hydrogen-bond donors (Lipinski definition) is 0. The van der Waals surface area contributed by atoms with E-state index in [1.807, 2.05) is 0 Å². The van der Waals surface area contributed by atoms with Crippen molar-refractivity contribution in [2.75, 3.05) is 0 Å². The van der Waals surface area contributed by atoms with Crippen molar-refractivity contribution in [3.8, 4) is 0 Å². The summed E-state index contributed by atoms with van der Waals surface area (Å²) in [6, 6.07) is 0. The molecule has 11 heavy (non-hydrogen) atoms. The Morgan fingerprint density at radius 1 is 1.18 bits per heavy atom. The second kappa shape index (κ2) is 3.63. The first-order chi connectivity index (χ1) is 5.09. The van der Waals surface area contributed by atoms with Gasteiger partial charge in [0.15, 0.2) is 0 Å². The highest BCUT2D eigenvalue weighted by atomic mass is 79.9. The summed E-state index contributed by atoms with van der Waals surface area (Å²) in [5, 5.41) is 0. The smallest absolute Gasteiger partial charge is 0.297 e. The van der Waals surface area contributed by atoms with E-state index in [1.54, 1.807) is 14.8 Å². The van der Waals surface area contributed by atoms with Gasteiger partial charge in [-0.1, -0.05) is 23.6 Å². The Balaban J connectivity index is 3.04. The molecule has 0 saturated carbocycles. The van der Waals surface area contributed by atoms with Crippen molar-refractivity contribution >= 4 is 31.1 Å². The molecule has 0 bridgehead atoms. The predicted molar refractivity (Wildman–Crippen MR) is 54.9 cm³/mol. The van der Waals surface area contributed by atoms with Crippen LogP contribution in [0.25, 0.3) is 0 Å². The largest absolute Gasteiger partial charge is 0.502 e. The first-order valence-corrected chi connectivity index (χ1v) is 8.63. The van der Waals surface area contributed by atoms with Crippen LogP contribution in [0.4, 0.5) is 0 Å². The lowest BCUT2D eigenvalue weighted by atomic mass is 10.1. The summed E-state index contributed by atoms with van der Waals surface area (Å²) in [4.78, 5) is 0. The molecule has 0 aliphatic heterocycles. The van der Waals surface area contributed by atoms with Gasteiger partial charge < -0.3 is 0 Å². The summed E-state index contributed by atoms with van der Waals surface area (Å²) in [5.74, 6) is 0.723. The van der Waals surface area contributed by atoms with Crippen molar-refractivity contribution in [1.29, 1.82) is 0 Å². The molecule has 0 N–H and O–H groups in total. The van der Waals surface area contributed by atoms with Gasteiger partial charge in [-0.2, -0.15) is 3.70 Å². The van der Waals surface area contributed by atoms with E-state index < -0.39 is 0 Å². The van der Waals surface area contributed by atoms with E-state index in [9.17, 15) is 0 Å². The Morgan fingerprint density at radius 2 is 1.73 bits per heavy atom. The normalized spacial score (nSPS) is 24.6. The number of halogens is 1. The summed E-state index contributed by atoms with van der Waals surface area (Å²) in [6.07, 6.45) is 0. The quantitative estimate of drug-likeness (QED) is 0.601. The molecule has 0 amide bonds. The van der Waals surface area contributed by atoms with Crippen LogP contribution in [0.1, 0.15) is 27.7 Å². The molecule has 2 heteroatoms. The van der Waals surface area contributed by atoms with Crippen LogP contribution < -0.4 is 0 Å². The lowest BCUT2D eigenvalue weighted by molar-refractivity contribution is 0.857. The average molecular weight is 225 g/mol. The van der Waals surface area contributed by atoms with Gasteiger partial charge in [0.25, 0.3) is 0 Å². The topological polar surface area (TPSA) is 0 Å². The third kappa shape index (κ3) is 1.58. The average Bonchev–Trinajstić information content (AvgIpc) is 2.17. The maximum absolute atomic E-state index is 3.67. The molecular weight excluding hydrogens is 212 g/mol. The lowest BCUT2D eigenvalue weighted by Gasteiger charge is -2.08. The van der Waals surface area contributed by atoms with E-state index in [0.29, 0.717) is 0 Å². The van der Waals surface area contributed by atoms with Gasteiger partial charge in [-0.25, -0.2) is 0 Å². The molecule has 0 aromatic rings. The predicted octanol–water partition coefficient (Wildman–Crippen LogP) is 3.26. The SMILES string of the molecule is CC1=C(C)C(C)[C]([Mg][Br])=C1C. The van der Waals surface area contributed by atoms with Crippen LogP contribution >= 0.6 is 12.9 Å². The first-order valence-electron chi connectivity index (χ1n) is 4.03. The fourth-order valence-corrected chi connectivity index (χ4v) is 5.39. The van der Waals surface area contributed by atoms with Crippen molar-refractivity contribution < 1.29 is 0 Å². The fraction of sp³-hybridized carbons (Fsp3) is 0.556. The van der Waals surface area contributed by atoms with Gasteiger partial charge in [0, 0.05) is 0 Å². The summed E-state index contributed by atoms with van der Waals surface area (Å²) >= 11 is 3.55. The molecule has 58 valence electrons. The van der Waals surface area contributed by atoms with Gasteiger partial charge in [0.2, 0.25) is 0 Å². The van der Waals surface area contributed by atoms with Crippen molar-refractivity contribution in [2.45, 2.75) is 27.7 Å². The van der Waals surface area contributed by atoms with E-state index in [2.05, 4.69) is 40.6 Å². The minimum atomic E-state index is -0.118. The molecule has 1 unspecified atom stereocenters. The van der Waals surface area contributed by atoms with Gasteiger partial charge in [-0.15, -0.1) is 0 Å². The zero-order valence-electron chi connectivity index (χ0n) is 7.66. The third-order valence-electron chi connectivity index (χ3n) is 2.95. The highest BCUT2D eigenvalue weighted by Gasteiger charge is 2.22. The summed E-state index contributed by atoms with van der Waals surface area (Å²) in [5.41, 5.74) is 4.66. The Bertz CT molecular complexity index is 238. The molecule has 1 aliphatic rings. The maximum Gasteiger partial charge on any atom is 0.502 e. The Hall–Kier alpha value is 0.726. The zero-order chi connectivity index (χ0) is 8.59. The molecule has 0 spiro atoms. The molecule has 0 aromatic carbocycles. The van der Waals surface area contributed by atoms with Crippen molar-refractivity contribution in [3.63, 3.8) is 0 Å². The molecule has 1 atom stereocenters. The standard InChI is InChI=1S/C9H13.BrH.Mg/c1-6-5-7(2)9(4)8(6)3;;/h6H,1-4H3;1H;/q;;+1/p-1. The molecular formula is C9H13BrMg. The molecule has 0 radical (unpaired) electrons. The Labute approximate surface area is 84.7 Å². The second-order valence-corrected chi connectivity index (χ2v) is 6.02. The van der Waals surface area contributed by atoms with Crippen LogP contribution in [0, 0.1) is 5.92 Å². The molecule has 1 rings (SSSR count). The summed E-state index contributed by atoms with van der Waals surface area (Å²) in [6.45, 7) is 9.07. The van der Waals surface area contributed by atoms with Crippen LogP contribution in [0.15, 0.2) is 20.4 Å². The molecule has 1 aliphatic carbocycles. The number of allylic oxidation sites excluding steroid dienone is 4. The van der Waals surface area contributed by atoms with Crippen LogP contribution in [-0.4, -0.2) is 18.2 Å². The maximum atomic E-state index is 3.67. The lowest BCUT2D eigenvalue weighted by Crippen LogP contribution is -2.00. The van der Waals surface area contributed by atoms with E-state index in [0.717, 1.165) is 5.92 Å². The van der Waals surface area contributed by atoms with Crippen molar-refractivity contribution in [2.24, 2.45) is 5.92 Å². The molecule has 0 fully saturated rings. The molecule has 0 aromatic heterocycles. The van der Waals surface area contributed by atoms with E-state index in [4.69, 9.17) is 0 Å². The van der Waals surface area contributed by atoms with Crippen LogP contribution in [-0.2, 0) is 0 Å². The van der Waals surface area contributed by atoms with Crippen molar-refractivity contribution in [1.82, 2.24) is 0 Å². The minimum Gasteiger partial charge on any atom is -0.297 e. The molecule has 0 heterocycles. The summed E-state index contributed by atoms with van der Waals surface area (Å²) in [7, 11) is 0. The van der Waals surface area contributed by atoms with Gasteiger partial charge in [-0.05, 0) is 26.7 Å². The van der Waals surface area contributed by atoms with Crippen LogP contribution in [0.5, 0.6) is 0 Å². The first kappa shape index (κ1) is 9.81. The highest BCUT2D eigenvalue weighted by molar-refractivity contribution is 9.23. The Kier molecular flexibility index (Phi) is 3.24. The summed E-state index contributed by atoms with van der Waals surface area (Å²) < 4.78 is 1.69.